The van der Waals surface area contributed by atoms with Crippen LogP contribution in [0.2, 0.25) is 0 Å². The minimum absolute atomic E-state index is 0.0218. The Morgan fingerprint density at radius 1 is 1.39 bits per heavy atom. The van der Waals surface area contributed by atoms with Gasteiger partial charge in [0.1, 0.15) is 6.04 Å². The highest BCUT2D eigenvalue weighted by molar-refractivity contribution is 8.13. The first-order chi connectivity index (χ1) is 8.47. The normalized spacial score (nSPS) is 11.7. The average Bonchev–Trinajstić information content (AvgIpc) is 2.31. The minimum atomic E-state index is -0.762. The lowest BCUT2D eigenvalue weighted by Gasteiger charge is -2.10. The molecule has 7 heteroatoms. The summed E-state index contributed by atoms with van der Waals surface area (Å²) in [5.41, 5.74) is 5.54. The summed E-state index contributed by atoms with van der Waals surface area (Å²) in [6.07, 6.45) is 0.426. The zero-order chi connectivity index (χ0) is 14.0. The minimum Gasteiger partial charge on any atom is -0.465 e. The molecule has 1 amide bonds. The molecule has 0 aliphatic rings. The highest BCUT2D eigenvalue weighted by atomic mass is 32.2. The van der Waals surface area contributed by atoms with Crippen LogP contribution < -0.4 is 11.1 Å². The third-order valence-corrected chi connectivity index (χ3v) is 2.82. The molecule has 0 saturated heterocycles. The molecule has 0 fully saturated rings. The largest absolute Gasteiger partial charge is 0.465 e. The van der Waals surface area contributed by atoms with Crippen LogP contribution in [0.4, 0.5) is 0 Å². The summed E-state index contributed by atoms with van der Waals surface area (Å²) in [5.74, 6) is -0.123. The zero-order valence-corrected chi connectivity index (χ0v) is 11.5. The van der Waals surface area contributed by atoms with Crippen LogP contribution in [0.25, 0.3) is 0 Å². The van der Waals surface area contributed by atoms with Crippen LogP contribution in [0.3, 0.4) is 0 Å². The third kappa shape index (κ3) is 9.00. The lowest BCUT2D eigenvalue weighted by atomic mass is 10.1. The molecule has 0 aliphatic heterocycles. The Balaban J connectivity index is 3.63. The van der Waals surface area contributed by atoms with Crippen molar-refractivity contribution in [3.05, 3.63) is 0 Å². The van der Waals surface area contributed by atoms with Crippen molar-refractivity contribution >= 4 is 28.8 Å². The van der Waals surface area contributed by atoms with Crippen molar-refractivity contribution in [2.24, 2.45) is 5.73 Å². The number of nitrogens with one attached hydrogen (secondary N) is 1. The van der Waals surface area contributed by atoms with Crippen molar-refractivity contribution in [3.8, 4) is 0 Å². The molecule has 0 spiro atoms. The molecule has 0 aromatic carbocycles. The third-order valence-electron chi connectivity index (χ3n) is 2.00. The van der Waals surface area contributed by atoms with Crippen LogP contribution in [-0.2, 0) is 19.1 Å². The molecule has 18 heavy (non-hydrogen) atoms. The van der Waals surface area contributed by atoms with Crippen LogP contribution in [0, 0.1) is 0 Å². The van der Waals surface area contributed by atoms with Gasteiger partial charge in [-0.3, -0.25) is 14.4 Å². The lowest BCUT2D eigenvalue weighted by molar-refractivity contribution is -0.144. The van der Waals surface area contributed by atoms with Crippen molar-refractivity contribution in [1.82, 2.24) is 5.32 Å². The fourth-order valence-electron chi connectivity index (χ4n) is 1.13. The smallest absolute Gasteiger partial charge is 0.322 e. The molecule has 104 valence electrons. The van der Waals surface area contributed by atoms with Crippen LogP contribution in [0.1, 0.15) is 26.7 Å². The van der Waals surface area contributed by atoms with Crippen molar-refractivity contribution in [1.29, 1.82) is 0 Å². The lowest BCUT2D eigenvalue weighted by Crippen LogP contribution is -2.34. The first kappa shape index (κ1) is 16.9. The molecule has 0 aliphatic carbocycles. The Morgan fingerprint density at radius 3 is 2.61 bits per heavy atom. The summed E-state index contributed by atoms with van der Waals surface area (Å²) in [6, 6.07) is -0.762. The fraction of sp³-hybridized carbons (Fsp3) is 0.727. The van der Waals surface area contributed by atoms with Gasteiger partial charge in [0.05, 0.1) is 6.61 Å². The molecule has 0 bridgehead atoms. The first-order valence-corrected chi connectivity index (χ1v) is 6.78. The standard InChI is InChI=1S/C11H20N2O4S/c1-3-17-11(16)9(12)4-5-10(15)13-6-7-18-8(2)14/h9H,3-7,12H2,1-2H3,(H,13,15)/t9-/m0/s1. The predicted molar refractivity (Wildman–Crippen MR) is 70.0 cm³/mol. The quantitative estimate of drug-likeness (QED) is 0.480. The topological polar surface area (TPSA) is 98.5 Å². The monoisotopic (exact) mass is 276 g/mol. The van der Waals surface area contributed by atoms with E-state index in [1.165, 1.54) is 6.92 Å². The van der Waals surface area contributed by atoms with Crippen molar-refractivity contribution < 1.29 is 19.1 Å². The molecular weight excluding hydrogens is 256 g/mol. The predicted octanol–water partition coefficient (Wildman–Crippen LogP) is 0.0529. The van der Waals surface area contributed by atoms with E-state index in [0.29, 0.717) is 12.3 Å². The maximum Gasteiger partial charge on any atom is 0.322 e. The summed E-state index contributed by atoms with van der Waals surface area (Å²) in [5, 5.41) is 2.67. The number of carbonyl (C=O) groups excluding carboxylic acids is 3. The van der Waals surface area contributed by atoms with Gasteiger partial charge in [0.15, 0.2) is 5.12 Å². The van der Waals surface area contributed by atoms with Gasteiger partial charge >= 0.3 is 5.97 Å². The van der Waals surface area contributed by atoms with Gasteiger partial charge in [-0.2, -0.15) is 0 Å². The van der Waals surface area contributed by atoms with Crippen molar-refractivity contribution in [2.75, 3.05) is 18.9 Å². The van der Waals surface area contributed by atoms with E-state index in [9.17, 15) is 14.4 Å². The molecule has 6 nitrogen and oxygen atoms in total. The number of hydrogen-bond acceptors (Lipinski definition) is 6. The second-order valence-electron chi connectivity index (χ2n) is 3.59. The highest BCUT2D eigenvalue weighted by Gasteiger charge is 2.15. The number of hydrogen-bond donors (Lipinski definition) is 2. The Labute approximate surface area is 111 Å². The summed E-state index contributed by atoms with van der Waals surface area (Å²) in [4.78, 5) is 33.2. The van der Waals surface area contributed by atoms with Crippen LogP contribution >= 0.6 is 11.8 Å². The average molecular weight is 276 g/mol. The second-order valence-corrected chi connectivity index (χ2v) is 4.86. The van der Waals surface area contributed by atoms with Gasteiger partial charge in [-0.1, -0.05) is 11.8 Å². The molecular formula is C11H20N2O4S. The van der Waals surface area contributed by atoms with E-state index >= 15 is 0 Å². The van der Waals surface area contributed by atoms with E-state index in [4.69, 9.17) is 10.5 Å². The van der Waals surface area contributed by atoms with Crippen LogP contribution in [0.15, 0.2) is 0 Å². The first-order valence-electron chi connectivity index (χ1n) is 5.79. The molecule has 0 saturated carbocycles. The number of ether oxygens (including phenoxy) is 1. The van der Waals surface area contributed by atoms with Crippen LogP contribution in [0.5, 0.6) is 0 Å². The highest BCUT2D eigenvalue weighted by Crippen LogP contribution is 2.00. The van der Waals surface area contributed by atoms with Crippen molar-refractivity contribution in [2.45, 2.75) is 32.7 Å². The van der Waals surface area contributed by atoms with Crippen LogP contribution in [-0.4, -0.2) is 41.9 Å². The fourth-order valence-corrected chi connectivity index (χ4v) is 1.62. The summed E-state index contributed by atoms with van der Waals surface area (Å²) in [7, 11) is 0. The van der Waals surface area contributed by atoms with E-state index in [1.54, 1.807) is 6.92 Å². The molecule has 0 aromatic heterocycles. The molecule has 0 radical (unpaired) electrons. The van der Waals surface area contributed by atoms with E-state index in [0.717, 1.165) is 11.8 Å². The van der Waals surface area contributed by atoms with Gasteiger partial charge in [0.2, 0.25) is 5.91 Å². The number of rotatable bonds is 8. The van der Waals surface area contributed by atoms with Crippen molar-refractivity contribution in [3.63, 3.8) is 0 Å². The number of amides is 1. The van der Waals surface area contributed by atoms with Gasteiger partial charge in [-0.15, -0.1) is 0 Å². The summed E-state index contributed by atoms with van der Waals surface area (Å²) < 4.78 is 4.72. The van der Waals surface area contributed by atoms with E-state index in [1.807, 2.05) is 0 Å². The van der Waals surface area contributed by atoms with Gasteiger partial charge in [0, 0.05) is 25.6 Å². The second kappa shape index (κ2) is 9.90. The van der Waals surface area contributed by atoms with Gasteiger partial charge in [-0.05, 0) is 13.3 Å². The van der Waals surface area contributed by atoms with E-state index < -0.39 is 12.0 Å². The number of carbonyl (C=O) groups is 3. The van der Waals surface area contributed by atoms with E-state index in [-0.39, 0.29) is 30.5 Å². The Morgan fingerprint density at radius 2 is 2.06 bits per heavy atom. The Hall–Kier alpha value is -1.08. The Bertz CT molecular complexity index is 297. The molecule has 3 N–H and O–H groups in total. The molecule has 0 heterocycles. The molecule has 0 aromatic rings. The van der Waals surface area contributed by atoms with Gasteiger partial charge < -0.3 is 15.8 Å². The number of thioether (sulfide) groups is 1. The number of esters is 1. The maximum atomic E-state index is 11.4. The zero-order valence-electron chi connectivity index (χ0n) is 10.7. The molecule has 0 unspecified atom stereocenters. The maximum absolute atomic E-state index is 11.4. The summed E-state index contributed by atoms with van der Waals surface area (Å²) >= 11 is 1.16. The van der Waals surface area contributed by atoms with Gasteiger partial charge in [-0.25, -0.2) is 0 Å². The SMILES string of the molecule is CCOC(=O)[C@@H](N)CCC(=O)NCCSC(C)=O. The van der Waals surface area contributed by atoms with E-state index in [2.05, 4.69) is 5.32 Å². The summed E-state index contributed by atoms with van der Waals surface area (Å²) in [6.45, 7) is 3.88. The molecule has 0 rings (SSSR count). The molecule has 1 atom stereocenters. The van der Waals surface area contributed by atoms with Gasteiger partial charge in [0.25, 0.3) is 0 Å². The Kier molecular flexibility index (Phi) is 9.31. The number of nitrogens with two attached hydrogens (primary N) is 1.